The maximum Gasteiger partial charge on any atom is 0.179 e. The van der Waals surface area contributed by atoms with Crippen LogP contribution < -0.4 is 5.32 Å². The zero-order chi connectivity index (χ0) is 13.9. The Morgan fingerprint density at radius 1 is 1.11 bits per heavy atom. The van der Waals surface area contributed by atoms with Gasteiger partial charge in [-0.15, -0.1) is 0 Å². The highest BCUT2D eigenvalue weighted by Crippen LogP contribution is 2.22. The van der Waals surface area contributed by atoms with Crippen molar-refractivity contribution < 1.29 is 8.42 Å². The Labute approximate surface area is 112 Å². The first-order valence-corrected chi connectivity index (χ1v) is 7.70. The zero-order valence-corrected chi connectivity index (χ0v) is 11.6. The van der Waals surface area contributed by atoms with Gasteiger partial charge in [0.05, 0.1) is 11.7 Å². The van der Waals surface area contributed by atoms with Crippen LogP contribution in [0.3, 0.4) is 0 Å². The molecule has 2 aromatic heterocycles. The topological polar surface area (TPSA) is 72.0 Å². The number of aromatic nitrogens is 2. The van der Waals surface area contributed by atoms with E-state index in [2.05, 4.69) is 15.3 Å². The highest BCUT2D eigenvalue weighted by atomic mass is 32.2. The summed E-state index contributed by atoms with van der Waals surface area (Å²) in [6, 6.07) is 8.61. The van der Waals surface area contributed by atoms with E-state index in [1.54, 1.807) is 18.5 Å². The Morgan fingerprint density at radius 2 is 1.84 bits per heavy atom. The molecule has 0 amide bonds. The Bertz CT molecular complexity index is 657. The van der Waals surface area contributed by atoms with E-state index in [0.29, 0.717) is 5.82 Å². The Morgan fingerprint density at radius 3 is 2.47 bits per heavy atom. The van der Waals surface area contributed by atoms with Gasteiger partial charge in [0.25, 0.3) is 0 Å². The third kappa shape index (κ3) is 3.29. The summed E-state index contributed by atoms with van der Waals surface area (Å²) in [6.07, 6.45) is 4.42. The summed E-state index contributed by atoms with van der Waals surface area (Å²) in [5, 5.41) is 3.08. The molecule has 0 saturated carbocycles. The molecule has 100 valence electrons. The molecule has 19 heavy (non-hydrogen) atoms. The molecular formula is C13H15N3O2S. The second-order valence-electron chi connectivity index (χ2n) is 4.24. The predicted molar refractivity (Wildman–Crippen MR) is 73.6 cm³/mol. The van der Waals surface area contributed by atoms with Crippen molar-refractivity contribution in [3.8, 4) is 0 Å². The molecule has 0 aliphatic carbocycles. The van der Waals surface area contributed by atoms with Crippen molar-refractivity contribution in [1.82, 2.24) is 9.97 Å². The molecule has 2 rings (SSSR count). The number of rotatable bonds is 4. The molecule has 5 nitrogen and oxygen atoms in total. The van der Waals surface area contributed by atoms with Crippen molar-refractivity contribution in [2.75, 3.05) is 11.6 Å². The first kappa shape index (κ1) is 13.5. The Hall–Kier alpha value is -1.95. The second kappa shape index (κ2) is 5.36. The maximum absolute atomic E-state index is 11.7. The van der Waals surface area contributed by atoms with Crippen LogP contribution in [0.2, 0.25) is 0 Å². The fraction of sp³-hybridized carbons (Fsp3) is 0.231. The molecule has 0 spiro atoms. The minimum Gasteiger partial charge on any atom is -0.361 e. The van der Waals surface area contributed by atoms with Crippen LogP contribution in [0.1, 0.15) is 18.7 Å². The van der Waals surface area contributed by atoms with Crippen LogP contribution in [-0.4, -0.2) is 24.6 Å². The van der Waals surface area contributed by atoms with E-state index < -0.39 is 9.84 Å². The van der Waals surface area contributed by atoms with E-state index in [1.165, 1.54) is 12.3 Å². The van der Waals surface area contributed by atoms with Crippen LogP contribution in [0.25, 0.3) is 0 Å². The number of anilines is 1. The third-order valence-electron chi connectivity index (χ3n) is 2.65. The highest BCUT2D eigenvalue weighted by Gasteiger charge is 2.16. The molecule has 6 heteroatoms. The lowest BCUT2D eigenvalue weighted by molar-refractivity contribution is 0.601. The van der Waals surface area contributed by atoms with Gasteiger partial charge < -0.3 is 5.32 Å². The summed E-state index contributed by atoms with van der Waals surface area (Å²) in [5.41, 5.74) is 0.826. The van der Waals surface area contributed by atoms with Crippen molar-refractivity contribution >= 4 is 15.7 Å². The van der Waals surface area contributed by atoms with Crippen molar-refractivity contribution in [3.05, 3.63) is 48.4 Å². The summed E-state index contributed by atoms with van der Waals surface area (Å²) < 4.78 is 23.4. The van der Waals surface area contributed by atoms with Gasteiger partial charge in [-0.3, -0.25) is 4.98 Å². The van der Waals surface area contributed by atoms with Crippen molar-refractivity contribution in [2.45, 2.75) is 17.9 Å². The fourth-order valence-corrected chi connectivity index (χ4v) is 2.50. The van der Waals surface area contributed by atoms with Crippen LogP contribution in [0.4, 0.5) is 5.82 Å². The minimum absolute atomic E-state index is 0.128. The molecule has 0 bridgehead atoms. The van der Waals surface area contributed by atoms with E-state index in [0.717, 1.165) is 5.69 Å². The molecule has 2 heterocycles. The van der Waals surface area contributed by atoms with Gasteiger partial charge in [-0.25, -0.2) is 13.4 Å². The van der Waals surface area contributed by atoms with Gasteiger partial charge in [0.15, 0.2) is 9.84 Å². The Kier molecular flexibility index (Phi) is 3.80. The summed E-state index contributed by atoms with van der Waals surface area (Å²) in [5.74, 6) is 0.350. The molecule has 0 aliphatic heterocycles. The van der Waals surface area contributed by atoms with Crippen LogP contribution >= 0.6 is 0 Å². The molecule has 0 aromatic carbocycles. The normalized spacial score (nSPS) is 12.9. The third-order valence-corrected chi connectivity index (χ3v) is 3.78. The fourth-order valence-electron chi connectivity index (χ4n) is 1.71. The minimum atomic E-state index is -3.31. The van der Waals surface area contributed by atoms with Crippen LogP contribution in [-0.2, 0) is 9.84 Å². The monoisotopic (exact) mass is 277 g/mol. The average Bonchev–Trinajstić information content (AvgIpc) is 2.39. The second-order valence-corrected chi connectivity index (χ2v) is 6.23. The lowest BCUT2D eigenvalue weighted by atomic mass is 10.2. The summed E-state index contributed by atoms with van der Waals surface area (Å²) in [7, 11) is -3.31. The largest absolute Gasteiger partial charge is 0.361 e. The van der Waals surface area contributed by atoms with Gasteiger partial charge in [0.2, 0.25) is 0 Å². The smallest absolute Gasteiger partial charge is 0.179 e. The lowest BCUT2D eigenvalue weighted by Gasteiger charge is -2.15. The number of nitrogens with zero attached hydrogens (tertiary/aromatic N) is 2. The molecule has 1 unspecified atom stereocenters. The van der Waals surface area contributed by atoms with Crippen molar-refractivity contribution in [2.24, 2.45) is 0 Å². The summed E-state index contributed by atoms with van der Waals surface area (Å²) >= 11 is 0. The molecule has 0 fully saturated rings. The first-order valence-electron chi connectivity index (χ1n) is 5.81. The summed E-state index contributed by atoms with van der Waals surface area (Å²) in [4.78, 5) is 8.51. The highest BCUT2D eigenvalue weighted by molar-refractivity contribution is 7.90. The quantitative estimate of drug-likeness (QED) is 0.926. The van der Waals surface area contributed by atoms with Crippen molar-refractivity contribution in [3.63, 3.8) is 0 Å². The van der Waals surface area contributed by atoms with Gasteiger partial charge in [-0.05, 0) is 31.2 Å². The SMILES string of the molecule is CC(Nc1ncccc1S(C)(=O)=O)c1ccccn1. The molecule has 0 saturated heterocycles. The number of hydrogen-bond acceptors (Lipinski definition) is 5. The van der Waals surface area contributed by atoms with E-state index in [9.17, 15) is 8.42 Å². The lowest BCUT2D eigenvalue weighted by Crippen LogP contribution is -2.12. The first-order chi connectivity index (χ1) is 8.98. The molecule has 2 aromatic rings. The number of sulfone groups is 1. The number of nitrogens with one attached hydrogen (secondary N) is 1. The van der Waals surface area contributed by atoms with Gasteiger partial charge in [0.1, 0.15) is 10.7 Å². The molecule has 0 radical (unpaired) electrons. The van der Waals surface area contributed by atoms with Gasteiger partial charge in [0, 0.05) is 18.6 Å². The van der Waals surface area contributed by atoms with E-state index in [-0.39, 0.29) is 10.9 Å². The van der Waals surface area contributed by atoms with E-state index >= 15 is 0 Å². The Balaban J connectivity index is 2.30. The standard InChI is InChI=1S/C13H15N3O2S/c1-10(11-6-3-4-8-14-11)16-13-12(19(2,17)18)7-5-9-15-13/h3-10H,1-2H3,(H,15,16). The maximum atomic E-state index is 11.7. The van der Waals surface area contributed by atoms with Crippen molar-refractivity contribution in [1.29, 1.82) is 0 Å². The van der Waals surface area contributed by atoms with Gasteiger partial charge in [-0.1, -0.05) is 6.07 Å². The van der Waals surface area contributed by atoms with Crippen LogP contribution in [0, 0.1) is 0 Å². The van der Waals surface area contributed by atoms with Gasteiger partial charge in [-0.2, -0.15) is 0 Å². The van der Waals surface area contributed by atoms with E-state index in [1.807, 2.05) is 25.1 Å². The molecule has 1 atom stereocenters. The molecule has 0 aliphatic rings. The predicted octanol–water partition coefficient (Wildman–Crippen LogP) is 2.05. The zero-order valence-electron chi connectivity index (χ0n) is 10.7. The van der Waals surface area contributed by atoms with Gasteiger partial charge >= 0.3 is 0 Å². The molecular weight excluding hydrogens is 262 g/mol. The number of hydrogen-bond donors (Lipinski definition) is 1. The molecule has 1 N–H and O–H groups in total. The van der Waals surface area contributed by atoms with Crippen LogP contribution in [0.5, 0.6) is 0 Å². The van der Waals surface area contributed by atoms with Crippen LogP contribution in [0.15, 0.2) is 47.6 Å². The average molecular weight is 277 g/mol. The van der Waals surface area contributed by atoms with E-state index in [4.69, 9.17) is 0 Å². The number of pyridine rings is 2. The summed E-state index contributed by atoms with van der Waals surface area (Å²) in [6.45, 7) is 1.91.